The molecule has 0 aliphatic rings. The largest absolute Gasteiger partial charge is 0.508 e. The summed E-state index contributed by atoms with van der Waals surface area (Å²) >= 11 is 6.47. The first-order chi connectivity index (χ1) is 23.3. The van der Waals surface area contributed by atoms with Crippen LogP contribution in [0.15, 0.2) is 30.3 Å². The first-order valence-electron chi connectivity index (χ1n) is 18.3. The lowest BCUT2D eigenvalue weighted by Gasteiger charge is -2.27. The van der Waals surface area contributed by atoms with Crippen LogP contribution in [-0.4, -0.2) is 37.7 Å². The van der Waals surface area contributed by atoms with Crippen LogP contribution in [0.1, 0.15) is 166 Å². The number of carbonyl (C=O) groups excluding carboxylic acids is 2. The monoisotopic (exact) mass is 704 g/mol. The standard InChI is InChI=1S/C40H61ClO8/c1-7-9-17-30(18-13-11-15-26(3)39(48-28(5)42)31-21-34(44)25-35(45)22-31)38-36(46)23-32(24-37(38)47)40(49-29(6)43)27(4)16-12-14-20-33(41)19-10-8-2/h21-27,30,33,39-40,44-47H,7-20H2,1-6H3. The fourth-order valence-electron chi connectivity index (χ4n) is 6.84. The zero-order chi connectivity index (χ0) is 36.5. The molecule has 276 valence electrons. The second-order valence-electron chi connectivity index (χ2n) is 13.9. The number of phenolic OH excluding ortho intramolecular Hbond substituents is 4. The molecule has 6 atom stereocenters. The number of aromatic hydroxyl groups is 4. The molecule has 2 aromatic rings. The van der Waals surface area contributed by atoms with Gasteiger partial charge in [0.05, 0.1) is 0 Å². The van der Waals surface area contributed by atoms with E-state index in [4.69, 9.17) is 21.1 Å². The third-order valence-corrected chi connectivity index (χ3v) is 9.87. The minimum Gasteiger partial charge on any atom is -0.508 e. The summed E-state index contributed by atoms with van der Waals surface area (Å²) in [6, 6.07) is 7.52. The molecule has 8 nitrogen and oxygen atoms in total. The Morgan fingerprint density at radius 2 is 1.00 bits per heavy atom. The number of unbranched alkanes of at least 4 members (excludes halogenated alkanes) is 4. The van der Waals surface area contributed by atoms with Gasteiger partial charge in [-0.15, -0.1) is 11.6 Å². The van der Waals surface area contributed by atoms with Crippen LogP contribution in [-0.2, 0) is 19.1 Å². The predicted molar refractivity (Wildman–Crippen MR) is 195 cm³/mol. The molecule has 0 radical (unpaired) electrons. The molecule has 6 unspecified atom stereocenters. The normalized spacial score (nSPS) is 15.2. The van der Waals surface area contributed by atoms with Gasteiger partial charge in [-0.05, 0) is 80.5 Å². The van der Waals surface area contributed by atoms with Crippen molar-refractivity contribution in [3.63, 3.8) is 0 Å². The second-order valence-corrected chi connectivity index (χ2v) is 14.5. The minimum atomic E-state index is -0.623. The molecule has 0 saturated carbocycles. The average Bonchev–Trinajstić information content (AvgIpc) is 3.02. The first-order valence-corrected chi connectivity index (χ1v) is 18.8. The predicted octanol–water partition coefficient (Wildman–Crippen LogP) is 10.9. The Bertz CT molecular complexity index is 1250. The lowest BCUT2D eigenvalue weighted by atomic mass is 9.84. The molecule has 4 N–H and O–H groups in total. The molecular weight excluding hydrogens is 644 g/mol. The molecular formula is C40H61ClO8. The molecule has 2 rings (SSSR count). The summed E-state index contributed by atoms with van der Waals surface area (Å²) < 4.78 is 11.3. The number of benzene rings is 2. The van der Waals surface area contributed by atoms with E-state index in [9.17, 15) is 30.0 Å². The van der Waals surface area contributed by atoms with Gasteiger partial charge in [-0.2, -0.15) is 0 Å². The lowest BCUT2D eigenvalue weighted by molar-refractivity contribution is -0.150. The zero-order valence-electron chi connectivity index (χ0n) is 30.6. The topological polar surface area (TPSA) is 134 Å². The van der Waals surface area contributed by atoms with E-state index in [1.807, 2.05) is 13.8 Å². The molecule has 0 heterocycles. The maximum atomic E-state index is 12.1. The summed E-state index contributed by atoms with van der Waals surface area (Å²) in [5, 5.41) is 42.8. The molecule has 0 aliphatic heterocycles. The Morgan fingerprint density at radius 1 is 0.612 bits per heavy atom. The molecule has 0 amide bonds. The molecule has 49 heavy (non-hydrogen) atoms. The fraction of sp³-hybridized carbons (Fsp3) is 0.650. The van der Waals surface area contributed by atoms with Gasteiger partial charge in [0.25, 0.3) is 0 Å². The highest BCUT2D eigenvalue weighted by Crippen LogP contribution is 2.44. The van der Waals surface area contributed by atoms with E-state index in [0.29, 0.717) is 16.7 Å². The number of alkyl halides is 1. The van der Waals surface area contributed by atoms with Gasteiger partial charge in [0, 0.05) is 42.0 Å². The number of ether oxygens (including phenoxy) is 2. The molecule has 9 heteroatoms. The van der Waals surface area contributed by atoms with Crippen molar-refractivity contribution in [1.29, 1.82) is 0 Å². The lowest BCUT2D eigenvalue weighted by Crippen LogP contribution is -2.17. The third-order valence-electron chi connectivity index (χ3n) is 9.43. The summed E-state index contributed by atoms with van der Waals surface area (Å²) in [5.41, 5.74) is 1.63. The van der Waals surface area contributed by atoms with Crippen LogP contribution in [0.5, 0.6) is 23.0 Å². The summed E-state index contributed by atoms with van der Waals surface area (Å²) in [6.45, 7) is 11.0. The highest BCUT2D eigenvalue weighted by Gasteiger charge is 2.28. The Balaban J connectivity index is 2.14. The molecule has 0 saturated heterocycles. The molecule has 0 bridgehead atoms. The number of hydrogen-bond acceptors (Lipinski definition) is 8. The Hall–Kier alpha value is -3.13. The molecule has 0 fully saturated rings. The van der Waals surface area contributed by atoms with Crippen molar-refractivity contribution in [1.82, 2.24) is 0 Å². The van der Waals surface area contributed by atoms with Crippen LogP contribution in [0.2, 0.25) is 0 Å². The van der Waals surface area contributed by atoms with E-state index < -0.39 is 24.1 Å². The van der Waals surface area contributed by atoms with Gasteiger partial charge >= 0.3 is 11.9 Å². The smallest absolute Gasteiger partial charge is 0.303 e. The van der Waals surface area contributed by atoms with E-state index in [2.05, 4.69) is 13.8 Å². The third kappa shape index (κ3) is 14.7. The van der Waals surface area contributed by atoms with Crippen molar-refractivity contribution < 1.29 is 39.5 Å². The second kappa shape index (κ2) is 21.8. The van der Waals surface area contributed by atoms with E-state index >= 15 is 0 Å². The van der Waals surface area contributed by atoms with Crippen molar-refractivity contribution in [2.45, 2.75) is 155 Å². The minimum absolute atomic E-state index is 0.00773. The van der Waals surface area contributed by atoms with Gasteiger partial charge in [0.2, 0.25) is 0 Å². The number of esters is 2. The summed E-state index contributed by atoms with van der Waals surface area (Å²) in [4.78, 5) is 24.0. The van der Waals surface area contributed by atoms with Gasteiger partial charge < -0.3 is 29.9 Å². The number of halogens is 1. The van der Waals surface area contributed by atoms with Gasteiger partial charge in [-0.3, -0.25) is 9.59 Å². The molecule has 0 aliphatic carbocycles. The summed E-state index contributed by atoms with van der Waals surface area (Å²) in [5.74, 6) is -1.22. The first kappa shape index (κ1) is 42.0. The van der Waals surface area contributed by atoms with Gasteiger partial charge in [-0.1, -0.05) is 79.1 Å². The molecule has 0 spiro atoms. The van der Waals surface area contributed by atoms with Crippen LogP contribution in [0, 0.1) is 11.8 Å². The van der Waals surface area contributed by atoms with Crippen molar-refractivity contribution in [2.75, 3.05) is 0 Å². The van der Waals surface area contributed by atoms with Gasteiger partial charge in [0.15, 0.2) is 0 Å². The van der Waals surface area contributed by atoms with Gasteiger partial charge in [-0.25, -0.2) is 0 Å². The quantitative estimate of drug-likeness (QED) is 0.0510. The van der Waals surface area contributed by atoms with Crippen molar-refractivity contribution in [3.05, 3.63) is 47.0 Å². The molecule has 0 aromatic heterocycles. The van der Waals surface area contributed by atoms with Crippen LogP contribution in [0.3, 0.4) is 0 Å². The zero-order valence-corrected chi connectivity index (χ0v) is 31.3. The Labute approximate surface area is 299 Å². The maximum absolute atomic E-state index is 12.1. The Kier molecular flexibility index (Phi) is 18.7. The highest BCUT2D eigenvalue weighted by atomic mass is 35.5. The summed E-state index contributed by atoms with van der Waals surface area (Å²) in [7, 11) is 0. The average molecular weight is 705 g/mol. The van der Waals surface area contributed by atoms with Crippen molar-refractivity contribution in [3.8, 4) is 23.0 Å². The van der Waals surface area contributed by atoms with Gasteiger partial charge in [0.1, 0.15) is 35.2 Å². The van der Waals surface area contributed by atoms with Crippen molar-refractivity contribution in [2.24, 2.45) is 11.8 Å². The van der Waals surface area contributed by atoms with Crippen LogP contribution in [0.25, 0.3) is 0 Å². The van der Waals surface area contributed by atoms with E-state index in [0.717, 1.165) is 89.9 Å². The number of rotatable bonds is 23. The summed E-state index contributed by atoms with van der Waals surface area (Å²) in [6.07, 6.45) is 11.6. The number of phenols is 4. The van der Waals surface area contributed by atoms with Crippen LogP contribution >= 0.6 is 11.6 Å². The van der Waals surface area contributed by atoms with Crippen LogP contribution < -0.4 is 0 Å². The van der Waals surface area contributed by atoms with E-state index in [1.165, 1.54) is 32.0 Å². The fourth-order valence-corrected chi connectivity index (χ4v) is 7.15. The van der Waals surface area contributed by atoms with Crippen LogP contribution in [0.4, 0.5) is 0 Å². The maximum Gasteiger partial charge on any atom is 0.303 e. The number of hydrogen-bond donors (Lipinski definition) is 4. The van der Waals surface area contributed by atoms with Crippen molar-refractivity contribution >= 4 is 23.5 Å². The Morgan fingerprint density at radius 3 is 1.47 bits per heavy atom. The molecule has 2 aromatic carbocycles. The van der Waals surface area contributed by atoms with E-state index in [-0.39, 0.29) is 46.1 Å². The number of carbonyl (C=O) groups is 2. The van der Waals surface area contributed by atoms with E-state index in [1.54, 1.807) is 12.1 Å². The highest BCUT2D eigenvalue weighted by molar-refractivity contribution is 6.20. The SMILES string of the molecule is CCCCC(Cl)CCCCC(C)C(OC(C)=O)c1cc(O)c(C(CCCC)CCCCC(C)C(OC(C)=O)c2cc(O)cc(O)c2)c(O)c1.